The summed E-state index contributed by atoms with van der Waals surface area (Å²) < 4.78 is 7.13. The number of thioether (sulfide) groups is 1. The van der Waals surface area contributed by atoms with Crippen molar-refractivity contribution in [3.8, 4) is 5.69 Å². The van der Waals surface area contributed by atoms with Crippen LogP contribution in [0.3, 0.4) is 0 Å². The van der Waals surface area contributed by atoms with Gasteiger partial charge in [0.15, 0.2) is 5.16 Å². The molecule has 1 aromatic carbocycles. The Morgan fingerprint density at radius 2 is 2.13 bits per heavy atom. The molecule has 23 heavy (non-hydrogen) atoms. The van der Waals surface area contributed by atoms with E-state index >= 15 is 0 Å². The van der Waals surface area contributed by atoms with E-state index < -0.39 is 0 Å². The molecule has 1 unspecified atom stereocenters. The van der Waals surface area contributed by atoms with Gasteiger partial charge in [-0.1, -0.05) is 30.0 Å². The number of carbonyl (C=O) groups excluding carboxylic acids is 1. The zero-order valence-electron chi connectivity index (χ0n) is 12.5. The first kappa shape index (κ1) is 15.4. The van der Waals surface area contributed by atoms with Gasteiger partial charge in [-0.15, -0.1) is 10.2 Å². The van der Waals surface area contributed by atoms with Gasteiger partial charge in [-0.25, -0.2) is 0 Å². The third-order valence-corrected chi connectivity index (χ3v) is 4.17. The van der Waals surface area contributed by atoms with Crippen molar-refractivity contribution in [1.82, 2.24) is 20.1 Å². The van der Waals surface area contributed by atoms with Gasteiger partial charge < -0.3 is 9.73 Å². The maximum atomic E-state index is 12.1. The Morgan fingerprint density at radius 1 is 1.30 bits per heavy atom. The molecule has 0 aliphatic heterocycles. The lowest BCUT2D eigenvalue weighted by molar-refractivity contribution is -0.119. The van der Waals surface area contributed by atoms with Crippen LogP contribution < -0.4 is 5.32 Å². The molecule has 0 bridgehead atoms. The van der Waals surface area contributed by atoms with Crippen LogP contribution >= 0.6 is 11.8 Å². The van der Waals surface area contributed by atoms with Gasteiger partial charge in [0.2, 0.25) is 5.91 Å². The lowest BCUT2D eigenvalue weighted by atomic mass is 10.2. The molecular weight excluding hydrogens is 312 g/mol. The highest BCUT2D eigenvalue weighted by Gasteiger charge is 2.14. The molecule has 0 aliphatic carbocycles. The first-order valence-electron chi connectivity index (χ1n) is 7.15. The number of rotatable bonds is 6. The summed E-state index contributed by atoms with van der Waals surface area (Å²) in [7, 11) is 0. The highest BCUT2D eigenvalue weighted by Crippen LogP contribution is 2.19. The quantitative estimate of drug-likeness (QED) is 0.704. The van der Waals surface area contributed by atoms with Crippen LogP contribution in [0.5, 0.6) is 0 Å². The minimum atomic E-state index is -0.162. The lowest BCUT2D eigenvalue weighted by Gasteiger charge is -2.11. The van der Waals surface area contributed by atoms with Gasteiger partial charge in [0.05, 0.1) is 18.1 Å². The second-order valence-electron chi connectivity index (χ2n) is 4.91. The highest BCUT2D eigenvalue weighted by atomic mass is 32.2. The normalized spacial score (nSPS) is 12.0. The summed E-state index contributed by atoms with van der Waals surface area (Å²) in [5.41, 5.74) is 0.962. The third-order valence-electron chi connectivity index (χ3n) is 3.23. The molecule has 0 saturated carbocycles. The predicted molar refractivity (Wildman–Crippen MR) is 87.3 cm³/mol. The van der Waals surface area contributed by atoms with Gasteiger partial charge in [0.1, 0.15) is 12.1 Å². The first-order valence-corrected chi connectivity index (χ1v) is 8.13. The summed E-state index contributed by atoms with van der Waals surface area (Å²) in [6.45, 7) is 1.88. The van der Waals surface area contributed by atoms with Crippen molar-refractivity contribution < 1.29 is 9.21 Å². The van der Waals surface area contributed by atoms with E-state index in [2.05, 4.69) is 15.5 Å². The summed E-state index contributed by atoms with van der Waals surface area (Å²) >= 11 is 1.34. The predicted octanol–water partition coefficient (Wildman–Crippen LogP) is 2.83. The van der Waals surface area contributed by atoms with Crippen molar-refractivity contribution >= 4 is 17.7 Å². The Morgan fingerprint density at radius 3 is 2.87 bits per heavy atom. The Kier molecular flexibility index (Phi) is 4.77. The molecule has 7 heteroatoms. The van der Waals surface area contributed by atoms with Crippen molar-refractivity contribution in [1.29, 1.82) is 0 Å². The Bertz CT molecular complexity index is 756. The minimum absolute atomic E-state index is 0.0819. The third kappa shape index (κ3) is 3.81. The fraction of sp³-hybridized carbons (Fsp3) is 0.188. The van der Waals surface area contributed by atoms with E-state index in [0.29, 0.717) is 5.16 Å². The van der Waals surface area contributed by atoms with E-state index in [4.69, 9.17) is 4.42 Å². The molecule has 0 spiro atoms. The van der Waals surface area contributed by atoms with Gasteiger partial charge >= 0.3 is 0 Å². The smallest absolute Gasteiger partial charge is 0.231 e. The number of hydrogen-bond donors (Lipinski definition) is 1. The molecule has 1 N–H and O–H groups in total. The van der Waals surface area contributed by atoms with E-state index in [-0.39, 0.29) is 17.7 Å². The van der Waals surface area contributed by atoms with E-state index in [9.17, 15) is 4.79 Å². The summed E-state index contributed by atoms with van der Waals surface area (Å²) in [6, 6.07) is 13.2. The molecule has 0 aliphatic rings. The van der Waals surface area contributed by atoms with E-state index in [1.165, 1.54) is 11.8 Å². The number of para-hydroxylation sites is 1. The molecule has 0 radical (unpaired) electrons. The van der Waals surface area contributed by atoms with Crippen LogP contribution in [-0.2, 0) is 4.79 Å². The molecule has 2 heterocycles. The average molecular weight is 328 g/mol. The van der Waals surface area contributed by atoms with Crippen molar-refractivity contribution in [2.24, 2.45) is 0 Å². The number of nitrogens with one attached hydrogen (secondary N) is 1. The van der Waals surface area contributed by atoms with Crippen LogP contribution in [0.1, 0.15) is 18.7 Å². The maximum absolute atomic E-state index is 12.1. The number of hydrogen-bond acceptors (Lipinski definition) is 5. The number of nitrogens with zero attached hydrogens (tertiary/aromatic N) is 3. The Balaban J connectivity index is 1.59. The van der Waals surface area contributed by atoms with E-state index in [1.807, 2.05) is 47.9 Å². The van der Waals surface area contributed by atoms with Gasteiger partial charge in [-0.2, -0.15) is 0 Å². The van der Waals surface area contributed by atoms with Crippen LogP contribution in [0, 0.1) is 0 Å². The van der Waals surface area contributed by atoms with Crippen LogP contribution in [0.4, 0.5) is 0 Å². The van der Waals surface area contributed by atoms with Crippen molar-refractivity contribution in [2.75, 3.05) is 5.75 Å². The SMILES string of the molecule is CC(NC(=O)CSc1nncn1-c1ccccc1)c1ccco1. The molecular formula is C16H16N4O2S. The summed E-state index contributed by atoms with van der Waals surface area (Å²) in [5.74, 6) is 0.911. The topological polar surface area (TPSA) is 73.0 Å². The number of aromatic nitrogens is 3. The molecule has 0 fully saturated rings. The summed E-state index contributed by atoms with van der Waals surface area (Å²) in [6.07, 6.45) is 3.23. The Hall–Kier alpha value is -2.54. The number of benzene rings is 1. The lowest BCUT2D eigenvalue weighted by Crippen LogP contribution is -2.28. The zero-order chi connectivity index (χ0) is 16.1. The second kappa shape index (κ2) is 7.15. The molecule has 0 saturated heterocycles. The molecule has 3 aromatic rings. The Labute approximate surface area is 137 Å². The highest BCUT2D eigenvalue weighted by molar-refractivity contribution is 7.99. The fourth-order valence-corrected chi connectivity index (χ4v) is 2.85. The van der Waals surface area contributed by atoms with Gasteiger partial charge in [0, 0.05) is 5.69 Å². The van der Waals surface area contributed by atoms with Gasteiger partial charge in [-0.05, 0) is 31.2 Å². The van der Waals surface area contributed by atoms with Crippen molar-refractivity contribution in [2.45, 2.75) is 18.1 Å². The molecule has 118 valence electrons. The first-order chi connectivity index (χ1) is 11.2. The fourth-order valence-electron chi connectivity index (χ4n) is 2.11. The van der Waals surface area contributed by atoms with Crippen molar-refractivity contribution in [3.63, 3.8) is 0 Å². The maximum Gasteiger partial charge on any atom is 0.231 e. The number of amides is 1. The van der Waals surface area contributed by atoms with Crippen LogP contribution in [0.2, 0.25) is 0 Å². The summed E-state index contributed by atoms with van der Waals surface area (Å²) in [5, 5.41) is 11.6. The molecule has 1 amide bonds. The second-order valence-corrected chi connectivity index (χ2v) is 5.85. The molecule has 1 atom stereocenters. The number of carbonyl (C=O) groups is 1. The van der Waals surface area contributed by atoms with Gasteiger partial charge in [-0.3, -0.25) is 9.36 Å². The monoisotopic (exact) mass is 328 g/mol. The largest absolute Gasteiger partial charge is 0.467 e. The van der Waals surface area contributed by atoms with Gasteiger partial charge in [0.25, 0.3) is 0 Å². The van der Waals surface area contributed by atoms with E-state index in [1.54, 1.807) is 18.7 Å². The minimum Gasteiger partial charge on any atom is -0.467 e. The van der Waals surface area contributed by atoms with E-state index in [0.717, 1.165) is 11.4 Å². The molecule has 6 nitrogen and oxygen atoms in total. The molecule has 2 aromatic heterocycles. The molecule has 3 rings (SSSR count). The van der Waals surface area contributed by atoms with Crippen LogP contribution in [0.15, 0.2) is 64.6 Å². The van der Waals surface area contributed by atoms with Crippen LogP contribution in [0.25, 0.3) is 5.69 Å². The van der Waals surface area contributed by atoms with Crippen molar-refractivity contribution in [3.05, 3.63) is 60.8 Å². The number of furan rings is 1. The summed E-state index contributed by atoms with van der Waals surface area (Å²) in [4.78, 5) is 12.1. The standard InChI is InChI=1S/C16H16N4O2S/c1-12(14-8-5-9-22-14)18-15(21)10-23-16-19-17-11-20(16)13-6-3-2-4-7-13/h2-9,11-12H,10H2,1H3,(H,18,21). The zero-order valence-corrected chi connectivity index (χ0v) is 13.4. The van der Waals surface area contributed by atoms with Crippen LogP contribution in [-0.4, -0.2) is 26.4 Å². The average Bonchev–Trinajstić information content (AvgIpc) is 3.25.